The van der Waals surface area contributed by atoms with Gasteiger partial charge >= 0.3 is 0 Å². The van der Waals surface area contributed by atoms with Crippen LogP contribution < -0.4 is 29.6 Å². The van der Waals surface area contributed by atoms with E-state index in [1.807, 2.05) is 24.3 Å². The van der Waals surface area contributed by atoms with Crippen LogP contribution in [-0.4, -0.2) is 43.4 Å². The van der Waals surface area contributed by atoms with Gasteiger partial charge in [0.05, 0.1) is 28.4 Å². The van der Waals surface area contributed by atoms with Crippen molar-refractivity contribution in [3.8, 4) is 23.0 Å². The molecule has 152 valence electrons. The molecular weight excluding hydrogens is 374 g/mol. The van der Waals surface area contributed by atoms with Crippen LogP contribution in [0, 0.1) is 0 Å². The molecule has 0 unspecified atom stereocenters. The Kier molecular flexibility index (Phi) is 6.51. The summed E-state index contributed by atoms with van der Waals surface area (Å²) in [6.07, 6.45) is 1.43. The smallest absolute Gasteiger partial charge is 0.231 e. The van der Waals surface area contributed by atoms with E-state index < -0.39 is 0 Å². The molecule has 1 aromatic heterocycles. The fourth-order valence-electron chi connectivity index (χ4n) is 2.65. The molecule has 3 rings (SSSR count). The molecule has 0 atom stereocenters. The summed E-state index contributed by atoms with van der Waals surface area (Å²) in [7, 11) is 6.32. The van der Waals surface area contributed by atoms with E-state index >= 15 is 0 Å². The Morgan fingerprint density at radius 3 is 2.03 bits per heavy atom. The normalized spacial score (nSPS) is 10.2. The zero-order valence-corrected chi connectivity index (χ0v) is 16.7. The minimum absolute atomic E-state index is 0.381. The Morgan fingerprint density at radius 1 is 0.793 bits per heavy atom. The van der Waals surface area contributed by atoms with Gasteiger partial charge < -0.3 is 29.6 Å². The van der Waals surface area contributed by atoms with Gasteiger partial charge in [-0.3, -0.25) is 0 Å². The van der Waals surface area contributed by atoms with Crippen LogP contribution in [0.4, 0.5) is 17.6 Å². The first-order valence-corrected chi connectivity index (χ1v) is 8.79. The molecule has 1 heterocycles. The van der Waals surface area contributed by atoms with Crippen LogP contribution in [0.25, 0.3) is 0 Å². The largest absolute Gasteiger partial charge is 0.497 e. The van der Waals surface area contributed by atoms with Gasteiger partial charge in [-0.15, -0.1) is 0 Å². The van der Waals surface area contributed by atoms with Gasteiger partial charge in [-0.25, -0.2) is 9.97 Å². The van der Waals surface area contributed by atoms with Crippen molar-refractivity contribution in [1.29, 1.82) is 0 Å². The molecule has 9 heteroatoms. The van der Waals surface area contributed by atoms with Crippen LogP contribution in [-0.2, 0) is 6.54 Å². The molecular formula is C20H23N5O4. The number of aromatic nitrogens is 3. The van der Waals surface area contributed by atoms with Gasteiger partial charge in [-0.2, -0.15) is 4.98 Å². The molecule has 9 nitrogen and oxygen atoms in total. The highest BCUT2D eigenvalue weighted by atomic mass is 16.5. The van der Waals surface area contributed by atoms with Crippen molar-refractivity contribution < 1.29 is 18.9 Å². The van der Waals surface area contributed by atoms with E-state index in [0.29, 0.717) is 41.4 Å². The van der Waals surface area contributed by atoms with Crippen molar-refractivity contribution in [2.75, 3.05) is 39.1 Å². The third kappa shape index (κ3) is 4.95. The predicted molar refractivity (Wildman–Crippen MR) is 110 cm³/mol. The summed E-state index contributed by atoms with van der Waals surface area (Å²) in [5.74, 6) is 3.21. The van der Waals surface area contributed by atoms with Crippen molar-refractivity contribution in [3.05, 3.63) is 48.3 Å². The summed E-state index contributed by atoms with van der Waals surface area (Å²) >= 11 is 0. The molecule has 2 N–H and O–H groups in total. The average Bonchev–Trinajstić information content (AvgIpc) is 2.77. The van der Waals surface area contributed by atoms with Crippen molar-refractivity contribution >= 4 is 17.6 Å². The van der Waals surface area contributed by atoms with E-state index in [-0.39, 0.29) is 0 Å². The Hall–Kier alpha value is -3.75. The number of ether oxygens (including phenoxy) is 4. The van der Waals surface area contributed by atoms with Gasteiger partial charge in [0.15, 0.2) is 11.5 Å². The fraction of sp³-hybridized carbons (Fsp3) is 0.250. The van der Waals surface area contributed by atoms with Crippen molar-refractivity contribution in [1.82, 2.24) is 15.0 Å². The van der Waals surface area contributed by atoms with Crippen molar-refractivity contribution in [3.63, 3.8) is 0 Å². The Bertz CT molecular complexity index is 925. The van der Waals surface area contributed by atoms with Gasteiger partial charge in [-0.05, 0) is 17.7 Å². The summed E-state index contributed by atoms with van der Waals surface area (Å²) in [6.45, 7) is 0.567. The number of hydrogen-bond acceptors (Lipinski definition) is 9. The molecule has 2 aromatic carbocycles. The van der Waals surface area contributed by atoms with E-state index in [1.165, 1.54) is 6.33 Å². The Balaban J connectivity index is 1.72. The maximum atomic E-state index is 5.37. The van der Waals surface area contributed by atoms with Crippen molar-refractivity contribution in [2.24, 2.45) is 0 Å². The lowest BCUT2D eigenvalue weighted by atomic mass is 10.2. The second kappa shape index (κ2) is 9.45. The van der Waals surface area contributed by atoms with E-state index in [0.717, 1.165) is 11.3 Å². The molecule has 0 aliphatic heterocycles. The number of rotatable bonds is 9. The number of benzene rings is 2. The van der Waals surface area contributed by atoms with E-state index in [1.54, 1.807) is 40.6 Å². The molecule has 0 aliphatic carbocycles. The van der Waals surface area contributed by atoms with Crippen LogP contribution in [0.5, 0.6) is 23.0 Å². The molecule has 0 aliphatic rings. The number of methoxy groups -OCH3 is 4. The Morgan fingerprint density at radius 2 is 1.45 bits per heavy atom. The zero-order valence-electron chi connectivity index (χ0n) is 16.7. The Labute approximate surface area is 169 Å². The summed E-state index contributed by atoms with van der Waals surface area (Å²) in [6, 6.07) is 11.3. The molecule has 3 aromatic rings. The lowest BCUT2D eigenvalue weighted by molar-refractivity contribution is 0.324. The SMILES string of the molecule is COc1ccc(CNc2ncnc(Nc3cc(OC)c(OC)c(OC)c3)n2)cc1. The summed E-state index contributed by atoms with van der Waals surface area (Å²) in [5.41, 5.74) is 1.76. The molecule has 0 saturated heterocycles. The summed E-state index contributed by atoms with van der Waals surface area (Å²) < 4.78 is 21.2. The minimum Gasteiger partial charge on any atom is -0.497 e. The molecule has 0 bridgehead atoms. The van der Waals surface area contributed by atoms with Crippen LogP contribution in [0.3, 0.4) is 0 Å². The quantitative estimate of drug-likeness (QED) is 0.563. The van der Waals surface area contributed by atoms with Gasteiger partial charge in [0.1, 0.15) is 12.1 Å². The number of nitrogens with one attached hydrogen (secondary N) is 2. The van der Waals surface area contributed by atoms with Crippen molar-refractivity contribution in [2.45, 2.75) is 6.54 Å². The standard InChI is InChI=1S/C20H23N5O4/c1-26-15-7-5-13(6-8-15)11-21-19-22-12-23-20(25-19)24-14-9-16(27-2)18(29-4)17(10-14)28-3/h5-10,12H,11H2,1-4H3,(H2,21,22,23,24,25). The second-order valence-corrected chi connectivity index (χ2v) is 5.87. The average molecular weight is 397 g/mol. The first kappa shape index (κ1) is 20.0. The van der Waals surface area contributed by atoms with Gasteiger partial charge in [0.25, 0.3) is 0 Å². The van der Waals surface area contributed by atoms with Crippen LogP contribution in [0.1, 0.15) is 5.56 Å². The maximum absolute atomic E-state index is 5.37. The molecule has 0 spiro atoms. The van der Waals surface area contributed by atoms with Crippen LogP contribution in [0.15, 0.2) is 42.7 Å². The van der Waals surface area contributed by atoms with Crippen LogP contribution in [0.2, 0.25) is 0 Å². The van der Waals surface area contributed by atoms with Crippen LogP contribution >= 0.6 is 0 Å². The first-order valence-electron chi connectivity index (χ1n) is 8.79. The minimum atomic E-state index is 0.381. The topological polar surface area (TPSA) is 99.7 Å². The van der Waals surface area contributed by atoms with Gasteiger partial charge in [-0.1, -0.05) is 12.1 Å². The van der Waals surface area contributed by atoms with E-state index in [4.69, 9.17) is 18.9 Å². The van der Waals surface area contributed by atoms with Gasteiger partial charge in [0, 0.05) is 24.4 Å². The second-order valence-electron chi connectivity index (χ2n) is 5.87. The molecule has 29 heavy (non-hydrogen) atoms. The van der Waals surface area contributed by atoms with E-state index in [2.05, 4.69) is 25.6 Å². The predicted octanol–water partition coefficient (Wildman–Crippen LogP) is 3.26. The lowest BCUT2D eigenvalue weighted by Crippen LogP contribution is -2.06. The third-order valence-electron chi connectivity index (χ3n) is 4.10. The highest BCUT2D eigenvalue weighted by Gasteiger charge is 2.14. The summed E-state index contributed by atoms with van der Waals surface area (Å²) in [5, 5.41) is 6.30. The highest BCUT2D eigenvalue weighted by Crippen LogP contribution is 2.40. The fourth-order valence-corrected chi connectivity index (χ4v) is 2.65. The first-order chi connectivity index (χ1) is 14.2. The van der Waals surface area contributed by atoms with E-state index in [9.17, 15) is 0 Å². The van der Waals surface area contributed by atoms with Gasteiger partial charge in [0.2, 0.25) is 17.6 Å². The number of hydrogen-bond donors (Lipinski definition) is 2. The number of anilines is 3. The molecule has 0 amide bonds. The molecule has 0 radical (unpaired) electrons. The third-order valence-corrected chi connectivity index (χ3v) is 4.10. The zero-order chi connectivity index (χ0) is 20.6. The molecule has 0 saturated carbocycles. The summed E-state index contributed by atoms with van der Waals surface area (Å²) in [4.78, 5) is 12.7. The monoisotopic (exact) mass is 397 g/mol. The highest BCUT2D eigenvalue weighted by molar-refractivity contribution is 5.65. The lowest BCUT2D eigenvalue weighted by Gasteiger charge is -2.14. The maximum Gasteiger partial charge on any atom is 0.231 e. The molecule has 0 fully saturated rings. The number of nitrogens with zero attached hydrogens (tertiary/aromatic N) is 3.